The smallest absolute Gasteiger partial charge is 0.310 e. The molecule has 2 aromatic carbocycles. The Morgan fingerprint density at radius 1 is 1.16 bits per heavy atom. The highest BCUT2D eigenvalue weighted by atomic mass is 19.1. The molecule has 0 spiro atoms. The van der Waals surface area contributed by atoms with Crippen molar-refractivity contribution >= 4 is 16.9 Å². The fourth-order valence-electron chi connectivity index (χ4n) is 3.56. The van der Waals surface area contributed by atoms with Gasteiger partial charge in [0.1, 0.15) is 23.8 Å². The van der Waals surface area contributed by atoms with Crippen LogP contribution < -0.4 is 10.5 Å². The third-order valence-electron chi connectivity index (χ3n) is 5.08. The number of para-hydroxylation sites is 1. The van der Waals surface area contributed by atoms with Crippen LogP contribution in [0.2, 0.25) is 0 Å². The second kappa shape index (κ2) is 9.62. The Morgan fingerprint density at radius 3 is 2.81 bits per heavy atom. The summed E-state index contributed by atoms with van der Waals surface area (Å²) in [6.07, 6.45) is 3.20. The zero-order valence-electron chi connectivity index (χ0n) is 17.6. The second-order valence-electron chi connectivity index (χ2n) is 7.18. The zero-order valence-corrected chi connectivity index (χ0v) is 17.6. The number of ether oxygens (including phenoxy) is 2. The molecule has 6 nitrogen and oxygen atoms in total. The lowest BCUT2D eigenvalue weighted by Gasteiger charge is -2.13. The highest BCUT2D eigenvalue weighted by Crippen LogP contribution is 2.34. The molecule has 2 N–H and O–H groups in total. The standard InChI is InChI=1S/C25H23FN2O4/c1-2-30-23(29)13-17-5-3-4-6-22(17)32-15-18-12-21(16-7-9-28-19(11-16)14-27)25-20(24(18)26)8-10-31-25/h3-12H,2,13-15,27H2,1H3. The Balaban J connectivity index is 1.66. The minimum absolute atomic E-state index is 0.0192. The number of esters is 1. The molecule has 0 radical (unpaired) electrons. The van der Waals surface area contributed by atoms with Crippen LogP contribution in [-0.2, 0) is 29.1 Å². The topological polar surface area (TPSA) is 87.6 Å². The summed E-state index contributed by atoms with van der Waals surface area (Å²) in [6, 6.07) is 14.1. The van der Waals surface area contributed by atoms with E-state index in [9.17, 15) is 4.79 Å². The summed E-state index contributed by atoms with van der Waals surface area (Å²) in [4.78, 5) is 16.1. The first kappa shape index (κ1) is 21.5. The SMILES string of the molecule is CCOC(=O)Cc1ccccc1OCc1cc(-c2ccnc(CN)c2)c2occc2c1F. The lowest BCUT2D eigenvalue weighted by molar-refractivity contribution is -0.142. The molecule has 0 aliphatic carbocycles. The van der Waals surface area contributed by atoms with Gasteiger partial charge in [-0.2, -0.15) is 0 Å². The molecule has 0 aliphatic heterocycles. The van der Waals surface area contributed by atoms with Crippen molar-refractivity contribution < 1.29 is 23.1 Å². The molecule has 0 bridgehead atoms. The van der Waals surface area contributed by atoms with Crippen LogP contribution in [0.1, 0.15) is 23.7 Å². The fraction of sp³-hybridized carbons (Fsp3) is 0.200. The summed E-state index contributed by atoms with van der Waals surface area (Å²) < 4.78 is 31.7. The van der Waals surface area contributed by atoms with Crippen molar-refractivity contribution in [3.05, 3.63) is 83.6 Å². The van der Waals surface area contributed by atoms with Gasteiger partial charge in [0, 0.05) is 29.4 Å². The predicted molar refractivity (Wildman–Crippen MR) is 118 cm³/mol. The lowest BCUT2D eigenvalue weighted by atomic mass is 10.00. The van der Waals surface area contributed by atoms with Crippen molar-refractivity contribution in [3.63, 3.8) is 0 Å². The molecule has 2 heterocycles. The first-order valence-corrected chi connectivity index (χ1v) is 10.3. The summed E-state index contributed by atoms with van der Waals surface area (Å²) >= 11 is 0. The van der Waals surface area contributed by atoms with Crippen molar-refractivity contribution in [1.82, 2.24) is 4.98 Å². The van der Waals surface area contributed by atoms with E-state index >= 15 is 4.39 Å². The van der Waals surface area contributed by atoms with Crippen LogP contribution in [0.25, 0.3) is 22.1 Å². The Labute approximate surface area is 184 Å². The van der Waals surface area contributed by atoms with Gasteiger partial charge in [-0.25, -0.2) is 4.39 Å². The molecule has 0 fully saturated rings. The van der Waals surface area contributed by atoms with E-state index in [4.69, 9.17) is 19.6 Å². The van der Waals surface area contributed by atoms with Crippen molar-refractivity contribution in [2.24, 2.45) is 5.73 Å². The van der Waals surface area contributed by atoms with E-state index in [1.165, 1.54) is 6.26 Å². The highest BCUT2D eigenvalue weighted by molar-refractivity contribution is 5.93. The number of aromatic nitrogens is 1. The minimum atomic E-state index is -0.409. The first-order valence-electron chi connectivity index (χ1n) is 10.3. The molecule has 4 aromatic rings. The number of nitrogens with zero attached hydrogens (tertiary/aromatic N) is 1. The fourth-order valence-corrected chi connectivity index (χ4v) is 3.56. The highest BCUT2D eigenvalue weighted by Gasteiger charge is 2.18. The third kappa shape index (κ3) is 4.48. The summed E-state index contributed by atoms with van der Waals surface area (Å²) in [6.45, 7) is 2.34. The quantitative estimate of drug-likeness (QED) is 0.402. The largest absolute Gasteiger partial charge is 0.488 e. The van der Waals surface area contributed by atoms with Crippen molar-refractivity contribution in [2.75, 3.05) is 6.61 Å². The Bertz CT molecular complexity index is 1250. The average molecular weight is 434 g/mol. The number of hydrogen-bond donors (Lipinski definition) is 1. The maximum Gasteiger partial charge on any atom is 0.310 e. The number of carbonyl (C=O) groups excluding carboxylic acids is 1. The van der Waals surface area contributed by atoms with Crippen LogP contribution in [0.5, 0.6) is 5.75 Å². The van der Waals surface area contributed by atoms with Gasteiger partial charge in [0.2, 0.25) is 0 Å². The van der Waals surface area contributed by atoms with E-state index in [0.717, 1.165) is 16.8 Å². The summed E-state index contributed by atoms with van der Waals surface area (Å²) in [5, 5.41) is 0.368. The van der Waals surface area contributed by atoms with E-state index in [0.29, 0.717) is 41.0 Å². The number of halogens is 1. The molecule has 0 unspecified atom stereocenters. The summed E-state index contributed by atoms with van der Waals surface area (Å²) in [7, 11) is 0. The van der Waals surface area contributed by atoms with E-state index in [1.54, 1.807) is 43.5 Å². The number of benzene rings is 2. The molecule has 4 rings (SSSR count). The van der Waals surface area contributed by atoms with Crippen LogP contribution >= 0.6 is 0 Å². The van der Waals surface area contributed by atoms with Gasteiger partial charge in [-0.3, -0.25) is 9.78 Å². The molecule has 2 aromatic heterocycles. The summed E-state index contributed by atoms with van der Waals surface area (Å²) in [5.74, 6) is -0.248. The molecular weight excluding hydrogens is 411 g/mol. The van der Waals surface area contributed by atoms with Gasteiger partial charge in [-0.15, -0.1) is 0 Å². The lowest BCUT2D eigenvalue weighted by Crippen LogP contribution is -2.09. The molecule has 0 amide bonds. The van der Waals surface area contributed by atoms with Crippen molar-refractivity contribution in [1.29, 1.82) is 0 Å². The van der Waals surface area contributed by atoms with Gasteiger partial charge < -0.3 is 19.6 Å². The number of nitrogens with two attached hydrogens (primary N) is 1. The molecule has 0 saturated heterocycles. The number of hydrogen-bond acceptors (Lipinski definition) is 6. The van der Waals surface area contributed by atoms with E-state index in [1.807, 2.05) is 18.2 Å². The van der Waals surface area contributed by atoms with Crippen molar-refractivity contribution in [2.45, 2.75) is 26.5 Å². The van der Waals surface area contributed by atoms with Crippen LogP contribution in [0.3, 0.4) is 0 Å². The number of pyridine rings is 1. The van der Waals surface area contributed by atoms with Gasteiger partial charge >= 0.3 is 5.97 Å². The monoisotopic (exact) mass is 434 g/mol. The van der Waals surface area contributed by atoms with Gasteiger partial charge in [-0.05, 0) is 42.8 Å². The molecule has 32 heavy (non-hydrogen) atoms. The Hall–Kier alpha value is -3.71. The van der Waals surface area contributed by atoms with Gasteiger partial charge in [0.15, 0.2) is 0 Å². The molecular formula is C25H23FN2O4. The van der Waals surface area contributed by atoms with E-state index < -0.39 is 5.82 Å². The Kier molecular flexibility index (Phi) is 6.47. The molecule has 0 aliphatic rings. The van der Waals surface area contributed by atoms with Crippen LogP contribution in [0.4, 0.5) is 4.39 Å². The van der Waals surface area contributed by atoms with Gasteiger partial charge in [0.25, 0.3) is 0 Å². The predicted octanol–water partition coefficient (Wildman–Crippen LogP) is 4.78. The van der Waals surface area contributed by atoms with Crippen LogP contribution in [0, 0.1) is 5.82 Å². The molecule has 0 saturated carbocycles. The van der Waals surface area contributed by atoms with Crippen LogP contribution in [-0.4, -0.2) is 17.6 Å². The second-order valence-corrected chi connectivity index (χ2v) is 7.18. The first-order chi connectivity index (χ1) is 15.6. The Morgan fingerprint density at radius 2 is 2.00 bits per heavy atom. The van der Waals surface area contributed by atoms with Gasteiger partial charge in [-0.1, -0.05) is 18.2 Å². The van der Waals surface area contributed by atoms with E-state index in [2.05, 4.69) is 4.98 Å². The normalized spacial score (nSPS) is 11.0. The molecule has 7 heteroatoms. The minimum Gasteiger partial charge on any atom is -0.488 e. The molecule has 0 atom stereocenters. The maximum absolute atomic E-state index is 15.2. The number of carbonyl (C=O) groups is 1. The van der Waals surface area contributed by atoms with Gasteiger partial charge in [0.05, 0.1) is 30.4 Å². The number of furan rings is 1. The van der Waals surface area contributed by atoms with Crippen LogP contribution in [0.15, 0.2) is 65.4 Å². The number of fused-ring (bicyclic) bond motifs is 1. The average Bonchev–Trinajstić information content (AvgIpc) is 3.30. The summed E-state index contributed by atoms with van der Waals surface area (Å²) in [5.41, 5.74) is 9.48. The zero-order chi connectivity index (χ0) is 22.5. The third-order valence-corrected chi connectivity index (χ3v) is 5.08. The molecule has 164 valence electrons. The van der Waals surface area contributed by atoms with E-state index in [-0.39, 0.29) is 19.0 Å². The number of rotatable bonds is 8. The maximum atomic E-state index is 15.2. The van der Waals surface area contributed by atoms with Crippen molar-refractivity contribution in [3.8, 4) is 16.9 Å².